The zero-order chi connectivity index (χ0) is 20.5. The molecule has 0 radical (unpaired) electrons. The summed E-state index contributed by atoms with van der Waals surface area (Å²) in [4.78, 5) is 13.8. The molecule has 0 amide bonds. The van der Waals surface area contributed by atoms with Crippen molar-refractivity contribution in [2.75, 3.05) is 23.3 Å². The average Bonchev–Trinajstić information content (AvgIpc) is 3.12. The Bertz CT molecular complexity index is 1160. The van der Waals surface area contributed by atoms with E-state index in [0.717, 1.165) is 45.4 Å². The van der Waals surface area contributed by atoms with Crippen LogP contribution >= 0.6 is 22.9 Å². The Kier molecular flexibility index (Phi) is 5.32. The second-order valence-electron chi connectivity index (χ2n) is 7.66. The lowest BCUT2D eigenvalue weighted by Gasteiger charge is -2.28. The van der Waals surface area contributed by atoms with Crippen molar-refractivity contribution < 1.29 is 0 Å². The van der Waals surface area contributed by atoms with Crippen molar-refractivity contribution in [2.24, 2.45) is 0 Å². The van der Waals surface area contributed by atoms with Crippen molar-refractivity contribution >= 4 is 50.3 Å². The number of aromatic nitrogens is 2. The van der Waals surface area contributed by atoms with Crippen molar-refractivity contribution in [3.63, 3.8) is 0 Å². The maximum absolute atomic E-state index is 6.10. The molecule has 3 heterocycles. The number of anilines is 3. The van der Waals surface area contributed by atoms with Gasteiger partial charge >= 0.3 is 0 Å². The number of hydrogen-bond donors (Lipinski definition) is 1. The third-order valence-corrected chi connectivity index (χ3v) is 6.91. The summed E-state index contributed by atoms with van der Waals surface area (Å²) in [6.45, 7) is 4.43. The molecule has 0 spiro atoms. The van der Waals surface area contributed by atoms with Gasteiger partial charge in [-0.15, -0.1) is 11.3 Å². The lowest BCUT2D eigenvalue weighted by atomic mass is 10.0. The first-order valence-electron chi connectivity index (χ1n) is 10.3. The van der Waals surface area contributed by atoms with E-state index in [9.17, 15) is 0 Å². The number of thiophene rings is 1. The number of nitrogens with one attached hydrogen (secondary N) is 1. The second kappa shape index (κ2) is 8.25. The van der Waals surface area contributed by atoms with Crippen molar-refractivity contribution in [3.8, 4) is 11.1 Å². The number of aryl methyl sites for hydroxylation is 1. The van der Waals surface area contributed by atoms with Gasteiger partial charge in [0.15, 0.2) is 0 Å². The number of piperidine rings is 1. The van der Waals surface area contributed by atoms with E-state index in [-0.39, 0.29) is 0 Å². The molecule has 152 valence electrons. The minimum atomic E-state index is 0.735. The fraction of sp³-hybridized carbons (Fsp3) is 0.250. The van der Waals surface area contributed by atoms with Gasteiger partial charge in [-0.3, -0.25) is 0 Å². The van der Waals surface area contributed by atoms with Gasteiger partial charge in [-0.25, -0.2) is 9.97 Å². The predicted molar refractivity (Wildman–Crippen MR) is 128 cm³/mol. The molecule has 0 atom stereocenters. The van der Waals surface area contributed by atoms with Crippen LogP contribution in [0.15, 0.2) is 54.9 Å². The lowest BCUT2D eigenvalue weighted by molar-refractivity contribution is 0.578. The Morgan fingerprint density at radius 1 is 0.933 bits per heavy atom. The van der Waals surface area contributed by atoms with E-state index in [1.807, 2.05) is 12.1 Å². The Balaban J connectivity index is 1.49. The fourth-order valence-corrected chi connectivity index (χ4v) is 5.29. The Labute approximate surface area is 185 Å². The second-order valence-corrected chi connectivity index (χ2v) is 9.30. The van der Waals surface area contributed by atoms with Gasteiger partial charge in [0, 0.05) is 39.9 Å². The van der Waals surface area contributed by atoms with E-state index in [4.69, 9.17) is 11.6 Å². The summed E-state index contributed by atoms with van der Waals surface area (Å²) < 4.78 is 0. The summed E-state index contributed by atoms with van der Waals surface area (Å²) in [5.74, 6) is 0.833. The molecule has 1 aliphatic rings. The van der Waals surface area contributed by atoms with E-state index in [1.165, 1.54) is 35.4 Å². The first-order valence-corrected chi connectivity index (χ1v) is 11.5. The van der Waals surface area contributed by atoms with Crippen LogP contribution in [0.3, 0.4) is 0 Å². The summed E-state index contributed by atoms with van der Waals surface area (Å²) in [7, 11) is 0. The van der Waals surface area contributed by atoms with Gasteiger partial charge in [-0.05, 0) is 68.1 Å². The van der Waals surface area contributed by atoms with Crippen molar-refractivity contribution in [2.45, 2.75) is 26.2 Å². The smallest absolute Gasteiger partial charge is 0.143 e. The monoisotopic (exact) mass is 434 g/mol. The van der Waals surface area contributed by atoms with Crippen LogP contribution in [0.5, 0.6) is 0 Å². The molecule has 0 aliphatic carbocycles. The molecule has 30 heavy (non-hydrogen) atoms. The molecule has 1 N–H and O–H groups in total. The van der Waals surface area contributed by atoms with E-state index in [0.29, 0.717) is 0 Å². The van der Waals surface area contributed by atoms with Crippen LogP contribution in [0.4, 0.5) is 17.2 Å². The molecular formula is C24H23ClN4S. The van der Waals surface area contributed by atoms with Crippen LogP contribution in [-0.4, -0.2) is 23.1 Å². The zero-order valence-electron chi connectivity index (χ0n) is 16.9. The van der Waals surface area contributed by atoms with E-state index in [2.05, 4.69) is 63.5 Å². The molecule has 1 aliphatic heterocycles. The summed E-state index contributed by atoms with van der Waals surface area (Å²) in [5.41, 5.74) is 4.61. The number of rotatable bonds is 4. The van der Waals surface area contributed by atoms with Gasteiger partial charge in [0.25, 0.3) is 0 Å². The molecule has 4 aromatic rings. The third kappa shape index (κ3) is 3.75. The molecular weight excluding hydrogens is 412 g/mol. The number of hydrogen-bond acceptors (Lipinski definition) is 5. The van der Waals surface area contributed by atoms with Crippen molar-refractivity contribution in [1.82, 2.24) is 9.97 Å². The summed E-state index contributed by atoms with van der Waals surface area (Å²) in [5, 5.41) is 5.32. The first-order chi connectivity index (χ1) is 14.7. The van der Waals surface area contributed by atoms with Gasteiger partial charge in [0.05, 0.1) is 5.39 Å². The standard InChI is InChI=1S/C24H23ClN4S/c1-16-21(17-5-7-18(25)8-6-17)22-23(26-15-27-24(22)30-16)28-19-9-11-20(12-10-19)29-13-3-2-4-14-29/h5-12,15H,2-4,13-14H2,1H3,(H,26,27,28). The van der Waals surface area contributed by atoms with Crippen LogP contribution in [0, 0.1) is 6.92 Å². The highest BCUT2D eigenvalue weighted by molar-refractivity contribution is 7.19. The largest absolute Gasteiger partial charge is 0.372 e. The SMILES string of the molecule is Cc1sc2ncnc(Nc3ccc(N4CCCCC4)cc3)c2c1-c1ccc(Cl)cc1. The summed E-state index contributed by atoms with van der Waals surface area (Å²) in [6.07, 6.45) is 5.54. The van der Waals surface area contributed by atoms with Crippen LogP contribution in [0.25, 0.3) is 21.3 Å². The molecule has 5 rings (SSSR count). The fourth-order valence-electron chi connectivity index (χ4n) is 4.15. The molecule has 2 aromatic heterocycles. The van der Waals surface area contributed by atoms with E-state index in [1.54, 1.807) is 17.7 Å². The van der Waals surface area contributed by atoms with Gasteiger partial charge in [0.2, 0.25) is 0 Å². The summed E-state index contributed by atoms with van der Waals surface area (Å²) >= 11 is 7.79. The number of halogens is 1. The van der Waals surface area contributed by atoms with Crippen molar-refractivity contribution in [3.05, 3.63) is 64.8 Å². The Hall–Kier alpha value is -2.63. The molecule has 1 fully saturated rings. The minimum Gasteiger partial charge on any atom is -0.372 e. The topological polar surface area (TPSA) is 41.1 Å². The van der Waals surface area contributed by atoms with Crippen LogP contribution in [0.1, 0.15) is 24.1 Å². The molecule has 4 nitrogen and oxygen atoms in total. The maximum atomic E-state index is 6.10. The van der Waals surface area contributed by atoms with Crippen LogP contribution in [0.2, 0.25) is 5.02 Å². The van der Waals surface area contributed by atoms with Gasteiger partial charge in [0.1, 0.15) is 17.0 Å². The predicted octanol–water partition coefficient (Wildman–Crippen LogP) is 7.05. The highest BCUT2D eigenvalue weighted by Gasteiger charge is 2.17. The number of benzene rings is 2. The molecule has 1 saturated heterocycles. The van der Waals surface area contributed by atoms with Crippen LogP contribution in [-0.2, 0) is 0 Å². The minimum absolute atomic E-state index is 0.735. The highest BCUT2D eigenvalue weighted by atomic mass is 35.5. The Morgan fingerprint density at radius 2 is 1.67 bits per heavy atom. The maximum Gasteiger partial charge on any atom is 0.143 e. The van der Waals surface area contributed by atoms with Crippen molar-refractivity contribution in [1.29, 1.82) is 0 Å². The Morgan fingerprint density at radius 3 is 2.40 bits per heavy atom. The zero-order valence-corrected chi connectivity index (χ0v) is 18.4. The normalized spacial score (nSPS) is 14.3. The number of fused-ring (bicyclic) bond motifs is 1. The molecule has 6 heteroatoms. The lowest BCUT2D eigenvalue weighted by Crippen LogP contribution is -2.29. The molecule has 0 unspecified atom stereocenters. The van der Waals surface area contributed by atoms with Gasteiger partial charge in [-0.2, -0.15) is 0 Å². The average molecular weight is 435 g/mol. The van der Waals surface area contributed by atoms with E-state index >= 15 is 0 Å². The van der Waals surface area contributed by atoms with Crippen LogP contribution < -0.4 is 10.2 Å². The first kappa shape index (κ1) is 19.3. The van der Waals surface area contributed by atoms with E-state index < -0.39 is 0 Å². The third-order valence-electron chi connectivity index (χ3n) is 5.65. The van der Waals surface area contributed by atoms with Gasteiger partial charge in [-0.1, -0.05) is 23.7 Å². The number of nitrogens with zero attached hydrogens (tertiary/aromatic N) is 3. The molecule has 0 saturated carbocycles. The molecule has 0 bridgehead atoms. The summed E-state index contributed by atoms with van der Waals surface area (Å²) in [6, 6.07) is 16.6. The molecule has 2 aromatic carbocycles. The highest BCUT2D eigenvalue weighted by Crippen LogP contribution is 2.41. The van der Waals surface area contributed by atoms with Gasteiger partial charge < -0.3 is 10.2 Å². The quantitative estimate of drug-likeness (QED) is 0.373.